The van der Waals surface area contributed by atoms with Crippen LogP contribution in [0.5, 0.6) is 0 Å². The van der Waals surface area contributed by atoms with Crippen LogP contribution in [0.1, 0.15) is 5.56 Å². The van der Waals surface area contributed by atoms with E-state index in [4.69, 9.17) is 0 Å². The molecule has 0 unspecified atom stereocenters. The molecule has 0 aliphatic carbocycles. The Labute approximate surface area is 108 Å². The van der Waals surface area contributed by atoms with E-state index in [9.17, 15) is 8.42 Å². The summed E-state index contributed by atoms with van der Waals surface area (Å²) < 4.78 is 24.6. The van der Waals surface area contributed by atoms with Crippen LogP contribution in [0.3, 0.4) is 0 Å². The van der Waals surface area contributed by atoms with E-state index in [0.717, 1.165) is 39.0 Å². The van der Waals surface area contributed by atoms with E-state index in [1.807, 2.05) is 12.1 Å². The van der Waals surface area contributed by atoms with Gasteiger partial charge in [0.05, 0.1) is 6.26 Å². The van der Waals surface area contributed by atoms with Crippen molar-refractivity contribution in [2.24, 2.45) is 0 Å². The van der Waals surface area contributed by atoms with Crippen LogP contribution in [0.25, 0.3) is 0 Å². The van der Waals surface area contributed by atoms with E-state index in [-0.39, 0.29) is 0 Å². The highest BCUT2D eigenvalue weighted by molar-refractivity contribution is 7.92. The van der Waals surface area contributed by atoms with Crippen LogP contribution >= 0.6 is 0 Å². The van der Waals surface area contributed by atoms with Crippen LogP contribution in [0.15, 0.2) is 24.3 Å². The van der Waals surface area contributed by atoms with Crippen molar-refractivity contribution in [2.75, 3.05) is 37.2 Å². The first-order valence-corrected chi connectivity index (χ1v) is 7.92. The Kier molecular flexibility index (Phi) is 4.21. The summed E-state index contributed by atoms with van der Waals surface area (Å²) >= 11 is 0. The first-order chi connectivity index (χ1) is 8.53. The van der Waals surface area contributed by atoms with Crippen molar-refractivity contribution in [3.63, 3.8) is 0 Å². The largest absolute Gasteiger partial charge is 0.314 e. The lowest BCUT2D eigenvalue weighted by Gasteiger charge is -2.27. The summed E-state index contributed by atoms with van der Waals surface area (Å²) in [5, 5.41) is 3.32. The van der Waals surface area contributed by atoms with Crippen molar-refractivity contribution in [1.29, 1.82) is 0 Å². The number of hydrogen-bond acceptors (Lipinski definition) is 4. The van der Waals surface area contributed by atoms with Crippen molar-refractivity contribution in [2.45, 2.75) is 6.54 Å². The van der Waals surface area contributed by atoms with Crippen molar-refractivity contribution >= 4 is 15.7 Å². The van der Waals surface area contributed by atoms with Gasteiger partial charge in [0.15, 0.2) is 0 Å². The fourth-order valence-corrected chi connectivity index (χ4v) is 2.58. The van der Waals surface area contributed by atoms with Crippen LogP contribution in [0.2, 0.25) is 0 Å². The Hall–Kier alpha value is -1.11. The Bertz CT molecular complexity index is 479. The smallest absolute Gasteiger partial charge is 0.229 e. The third-order valence-electron chi connectivity index (χ3n) is 2.87. The molecule has 1 aliphatic heterocycles. The van der Waals surface area contributed by atoms with Crippen LogP contribution in [-0.4, -0.2) is 45.8 Å². The number of sulfonamides is 1. The second kappa shape index (κ2) is 5.69. The highest BCUT2D eigenvalue weighted by Gasteiger charge is 2.09. The summed E-state index contributed by atoms with van der Waals surface area (Å²) in [6.45, 7) is 5.11. The standard InChI is InChI=1S/C12H19N3O2S/c1-18(16,17)14-12-4-2-11(3-5-12)10-15-8-6-13-7-9-15/h2-5,13-14H,6-10H2,1H3. The molecular weight excluding hydrogens is 250 g/mol. The third-order valence-corrected chi connectivity index (χ3v) is 3.48. The molecule has 1 heterocycles. The lowest BCUT2D eigenvalue weighted by molar-refractivity contribution is 0.233. The van der Waals surface area contributed by atoms with Crippen molar-refractivity contribution < 1.29 is 8.42 Å². The zero-order valence-electron chi connectivity index (χ0n) is 10.5. The first kappa shape index (κ1) is 13.3. The topological polar surface area (TPSA) is 61.4 Å². The Morgan fingerprint density at radius 1 is 1.22 bits per heavy atom. The van der Waals surface area contributed by atoms with Crippen molar-refractivity contribution in [3.05, 3.63) is 29.8 Å². The molecule has 2 N–H and O–H groups in total. The maximum Gasteiger partial charge on any atom is 0.229 e. The highest BCUT2D eigenvalue weighted by atomic mass is 32.2. The summed E-state index contributed by atoms with van der Waals surface area (Å²) in [6.07, 6.45) is 1.15. The minimum Gasteiger partial charge on any atom is -0.314 e. The average Bonchev–Trinajstić information content (AvgIpc) is 2.31. The second-order valence-corrected chi connectivity index (χ2v) is 6.35. The van der Waals surface area contributed by atoms with Gasteiger partial charge in [-0.1, -0.05) is 12.1 Å². The van der Waals surface area contributed by atoms with Gasteiger partial charge in [0, 0.05) is 38.4 Å². The quantitative estimate of drug-likeness (QED) is 0.834. The van der Waals surface area contributed by atoms with Gasteiger partial charge in [0.25, 0.3) is 0 Å². The maximum atomic E-state index is 11.1. The fraction of sp³-hybridized carbons (Fsp3) is 0.500. The summed E-state index contributed by atoms with van der Waals surface area (Å²) in [4.78, 5) is 2.38. The fourth-order valence-electron chi connectivity index (χ4n) is 2.02. The molecule has 1 aromatic carbocycles. The lowest BCUT2D eigenvalue weighted by Crippen LogP contribution is -2.42. The summed E-state index contributed by atoms with van der Waals surface area (Å²) in [5.41, 5.74) is 1.82. The molecule has 0 aromatic heterocycles. The molecule has 2 rings (SSSR count). The Morgan fingerprint density at radius 3 is 2.39 bits per heavy atom. The van der Waals surface area contributed by atoms with E-state index in [0.29, 0.717) is 5.69 Å². The lowest BCUT2D eigenvalue weighted by atomic mass is 10.2. The third kappa shape index (κ3) is 4.29. The van der Waals surface area contributed by atoms with E-state index < -0.39 is 10.0 Å². The van der Waals surface area contributed by atoms with Gasteiger partial charge >= 0.3 is 0 Å². The minimum atomic E-state index is -3.19. The van der Waals surface area contributed by atoms with Gasteiger partial charge in [-0.2, -0.15) is 0 Å². The van der Waals surface area contributed by atoms with Gasteiger partial charge < -0.3 is 5.32 Å². The van der Waals surface area contributed by atoms with Crippen molar-refractivity contribution in [3.8, 4) is 0 Å². The zero-order chi connectivity index (χ0) is 13.0. The van der Waals surface area contributed by atoms with Gasteiger partial charge in [-0.05, 0) is 17.7 Å². The molecule has 1 fully saturated rings. The molecule has 0 atom stereocenters. The number of rotatable bonds is 4. The molecule has 0 bridgehead atoms. The summed E-state index contributed by atoms with van der Waals surface area (Å²) in [7, 11) is -3.19. The molecular formula is C12H19N3O2S. The molecule has 0 radical (unpaired) electrons. The minimum absolute atomic E-state index is 0.613. The summed E-state index contributed by atoms with van der Waals surface area (Å²) in [5.74, 6) is 0. The number of benzene rings is 1. The number of hydrogen-bond donors (Lipinski definition) is 2. The Morgan fingerprint density at radius 2 is 1.83 bits per heavy atom. The second-order valence-electron chi connectivity index (χ2n) is 4.60. The van der Waals surface area contributed by atoms with Crippen LogP contribution < -0.4 is 10.0 Å². The maximum absolute atomic E-state index is 11.1. The Balaban J connectivity index is 1.94. The van der Waals surface area contributed by atoms with E-state index in [2.05, 4.69) is 14.9 Å². The predicted molar refractivity (Wildman–Crippen MR) is 73.1 cm³/mol. The van der Waals surface area contributed by atoms with Gasteiger partial charge in [-0.3, -0.25) is 9.62 Å². The van der Waals surface area contributed by atoms with E-state index >= 15 is 0 Å². The van der Waals surface area contributed by atoms with Gasteiger partial charge in [-0.25, -0.2) is 8.42 Å². The van der Waals surface area contributed by atoms with E-state index in [1.54, 1.807) is 12.1 Å². The molecule has 1 aliphatic rings. The molecule has 1 aromatic rings. The number of nitrogens with one attached hydrogen (secondary N) is 2. The normalized spacial score (nSPS) is 17.6. The highest BCUT2D eigenvalue weighted by Crippen LogP contribution is 2.12. The van der Waals surface area contributed by atoms with Gasteiger partial charge in [0.1, 0.15) is 0 Å². The SMILES string of the molecule is CS(=O)(=O)Nc1ccc(CN2CCNCC2)cc1. The summed E-state index contributed by atoms with van der Waals surface area (Å²) in [6, 6.07) is 7.54. The zero-order valence-corrected chi connectivity index (χ0v) is 11.3. The molecule has 0 amide bonds. The predicted octanol–water partition coefficient (Wildman–Crippen LogP) is 0.463. The number of piperazine rings is 1. The van der Waals surface area contributed by atoms with Crippen LogP contribution in [0, 0.1) is 0 Å². The monoisotopic (exact) mass is 269 g/mol. The van der Waals surface area contributed by atoms with Crippen LogP contribution in [-0.2, 0) is 16.6 Å². The van der Waals surface area contributed by atoms with Gasteiger partial charge in [0.2, 0.25) is 10.0 Å². The average molecular weight is 269 g/mol. The van der Waals surface area contributed by atoms with Gasteiger partial charge in [-0.15, -0.1) is 0 Å². The number of anilines is 1. The number of nitrogens with zero attached hydrogens (tertiary/aromatic N) is 1. The molecule has 1 saturated heterocycles. The molecule has 0 saturated carbocycles. The molecule has 6 heteroatoms. The molecule has 0 spiro atoms. The molecule has 5 nitrogen and oxygen atoms in total. The van der Waals surface area contributed by atoms with Crippen LogP contribution in [0.4, 0.5) is 5.69 Å². The van der Waals surface area contributed by atoms with Crippen molar-refractivity contribution in [1.82, 2.24) is 10.2 Å². The molecule has 18 heavy (non-hydrogen) atoms. The first-order valence-electron chi connectivity index (χ1n) is 6.03. The molecule has 100 valence electrons. The van der Waals surface area contributed by atoms with E-state index in [1.165, 1.54) is 5.56 Å².